The molecule has 0 radical (unpaired) electrons. The molecule has 9 heteroatoms. The molecule has 1 atom stereocenters. The number of hydrogen-bond acceptors (Lipinski definition) is 6. The summed E-state index contributed by atoms with van der Waals surface area (Å²) < 4.78 is 21.3. The largest absolute Gasteiger partial charge is 0.444 e. The number of nitrogens with zero attached hydrogens (tertiary/aromatic N) is 6. The number of aryl methyl sites for hydroxylation is 1. The van der Waals surface area contributed by atoms with E-state index in [9.17, 15) is 9.18 Å². The van der Waals surface area contributed by atoms with Gasteiger partial charge in [-0.1, -0.05) is 5.21 Å². The molecule has 4 heterocycles. The molecule has 1 spiro atoms. The molecule has 1 saturated carbocycles. The molecule has 1 unspecified atom stereocenters. The van der Waals surface area contributed by atoms with E-state index in [4.69, 9.17) is 4.74 Å². The number of rotatable bonds is 3. The fraction of sp³-hybridized carbons (Fsp3) is 0.680. The van der Waals surface area contributed by atoms with Crippen molar-refractivity contribution in [2.45, 2.75) is 77.4 Å². The minimum absolute atomic E-state index is 0.190. The lowest BCUT2D eigenvalue weighted by Gasteiger charge is -2.48. The van der Waals surface area contributed by atoms with Gasteiger partial charge in [-0.2, -0.15) is 0 Å². The Morgan fingerprint density at radius 2 is 1.94 bits per heavy atom. The molecule has 2 aliphatic heterocycles. The van der Waals surface area contributed by atoms with Crippen molar-refractivity contribution in [3.63, 3.8) is 0 Å². The van der Waals surface area contributed by atoms with Crippen molar-refractivity contribution in [3.05, 3.63) is 35.5 Å². The summed E-state index contributed by atoms with van der Waals surface area (Å²) in [4.78, 5) is 21.1. The minimum Gasteiger partial charge on any atom is -0.444 e. The zero-order chi connectivity index (χ0) is 24.1. The van der Waals surface area contributed by atoms with Crippen LogP contribution in [0.5, 0.6) is 0 Å². The smallest absolute Gasteiger partial charge is 0.410 e. The van der Waals surface area contributed by atoms with E-state index in [0.29, 0.717) is 11.9 Å². The van der Waals surface area contributed by atoms with Crippen molar-refractivity contribution in [1.29, 1.82) is 0 Å². The summed E-state index contributed by atoms with van der Waals surface area (Å²) in [6, 6.07) is 2.17. The second-order valence-electron chi connectivity index (χ2n) is 11.4. The molecule has 184 valence electrons. The van der Waals surface area contributed by atoms with Gasteiger partial charge in [-0.15, -0.1) is 5.10 Å². The van der Waals surface area contributed by atoms with Gasteiger partial charge in [0.25, 0.3) is 0 Å². The maximum Gasteiger partial charge on any atom is 0.410 e. The molecule has 8 nitrogen and oxygen atoms in total. The highest BCUT2D eigenvalue weighted by molar-refractivity contribution is 5.69. The summed E-state index contributed by atoms with van der Waals surface area (Å²) >= 11 is 0. The number of carbonyl (C=O) groups is 1. The topological polar surface area (TPSA) is 76.4 Å². The Balaban J connectivity index is 1.18. The second kappa shape index (κ2) is 8.59. The minimum atomic E-state index is -0.452. The molecule has 2 saturated heterocycles. The molecule has 3 aliphatic rings. The van der Waals surface area contributed by atoms with Crippen LogP contribution in [0, 0.1) is 18.2 Å². The molecular formula is C25H35FN6O2. The van der Waals surface area contributed by atoms with Gasteiger partial charge in [0, 0.05) is 30.1 Å². The van der Waals surface area contributed by atoms with Crippen molar-refractivity contribution >= 4 is 6.09 Å². The first-order valence-electron chi connectivity index (χ1n) is 12.4. The van der Waals surface area contributed by atoms with Crippen LogP contribution in [0.2, 0.25) is 0 Å². The third-order valence-electron chi connectivity index (χ3n) is 7.55. The Kier molecular flexibility index (Phi) is 5.86. The summed E-state index contributed by atoms with van der Waals surface area (Å²) in [7, 11) is 0. The van der Waals surface area contributed by atoms with Crippen molar-refractivity contribution < 1.29 is 13.9 Å². The van der Waals surface area contributed by atoms with Gasteiger partial charge in [0.1, 0.15) is 11.4 Å². The normalized spacial score (nSPS) is 23.3. The van der Waals surface area contributed by atoms with Crippen LogP contribution in [0.4, 0.5) is 9.18 Å². The van der Waals surface area contributed by atoms with Crippen LogP contribution in [-0.2, 0) is 4.74 Å². The predicted octanol–water partition coefficient (Wildman–Crippen LogP) is 4.08. The highest BCUT2D eigenvalue weighted by atomic mass is 19.1. The maximum absolute atomic E-state index is 14.1. The van der Waals surface area contributed by atoms with E-state index in [2.05, 4.69) is 20.2 Å². The lowest BCUT2D eigenvalue weighted by atomic mass is 9.78. The van der Waals surface area contributed by atoms with Crippen molar-refractivity contribution in [3.8, 4) is 5.82 Å². The van der Waals surface area contributed by atoms with E-state index in [1.54, 1.807) is 10.7 Å². The maximum atomic E-state index is 14.1. The summed E-state index contributed by atoms with van der Waals surface area (Å²) in [5.41, 5.74) is 1.53. The Labute approximate surface area is 200 Å². The Bertz CT molecular complexity index is 1050. The van der Waals surface area contributed by atoms with Crippen LogP contribution in [0.25, 0.3) is 5.82 Å². The van der Waals surface area contributed by atoms with Crippen LogP contribution in [0.3, 0.4) is 0 Å². The van der Waals surface area contributed by atoms with E-state index in [1.807, 2.05) is 38.8 Å². The molecule has 2 aromatic rings. The first-order chi connectivity index (χ1) is 16.1. The molecule has 2 aromatic heterocycles. The summed E-state index contributed by atoms with van der Waals surface area (Å²) in [5.74, 6) is 0.618. The summed E-state index contributed by atoms with van der Waals surface area (Å²) in [6.07, 6.45) is 8.32. The number of ether oxygens (including phenoxy) is 1. The average molecular weight is 471 g/mol. The average Bonchev–Trinajstić information content (AvgIpc) is 3.38. The van der Waals surface area contributed by atoms with E-state index in [-0.39, 0.29) is 23.2 Å². The Morgan fingerprint density at radius 3 is 2.59 bits per heavy atom. The quantitative estimate of drug-likeness (QED) is 0.673. The van der Waals surface area contributed by atoms with Crippen molar-refractivity contribution in [1.82, 2.24) is 29.8 Å². The third kappa shape index (κ3) is 4.67. The third-order valence-corrected chi connectivity index (χ3v) is 7.55. The van der Waals surface area contributed by atoms with Gasteiger partial charge in [-0.05, 0) is 84.9 Å². The monoisotopic (exact) mass is 470 g/mol. The SMILES string of the molecule is Cc1cn(-c2ncc(F)cc2C2CCN(C3CCC4(C3)CN(C(=O)OC(C)(C)C)C4)CC2)nn1. The van der Waals surface area contributed by atoms with Crippen LogP contribution < -0.4 is 0 Å². The fourth-order valence-electron chi connectivity index (χ4n) is 5.96. The Hall–Kier alpha value is -2.55. The molecule has 5 rings (SSSR count). The highest BCUT2D eigenvalue weighted by Crippen LogP contribution is 2.48. The number of likely N-dealkylation sites (tertiary alicyclic amines) is 2. The Morgan fingerprint density at radius 1 is 1.21 bits per heavy atom. The van der Waals surface area contributed by atoms with Crippen LogP contribution in [0.15, 0.2) is 18.5 Å². The van der Waals surface area contributed by atoms with Gasteiger partial charge in [0.15, 0.2) is 5.82 Å². The first kappa shape index (κ1) is 23.2. The highest BCUT2D eigenvalue weighted by Gasteiger charge is 2.51. The van der Waals surface area contributed by atoms with E-state index >= 15 is 0 Å². The van der Waals surface area contributed by atoms with E-state index in [1.165, 1.54) is 19.0 Å². The summed E-state index contributed by atoms with van der Waals surface area (Å²) in [6.45, 7) is 11.2. The molecule has 0 N–H and O–H groups in total. The standard InChI is InChI=1S/C25H35FN6O2/c1-17-14-32(29-28-17)22-21(11-19(26)13-27-22)18-6-9-30(10-7-18)20-5-8-25(12-20)15-31(16-25)23(33)34-24(2,3)4/h11,13-14,18,20H,5-10,12,15-16H2,1-4H3. The number of halogens is 1. The lowest BCUT2D eigenvalue weighted by Crippen LogP contribution is -2.58. The van der Waals surface area contributed by atoms with Gasteiger partial charge >= 0.3 is 6.09 Å². The van der Waals surface area contributed by atoms with Gasteiger partial charge < -0.3 is 14.5 Å². The molecular weight excluding hydrogens is 435 g/mol. The predicted molar refractivity (Wildman–Crippen MR) is 125 cm³/mol. The molecule has 1 aliphatic carbocycles. The molecule has 1 amide bonds. The molecule has 0 aromatic carbocycles. The molecule has 34 heavy (non-hydrogen) atoms. The number of amides is 1. The lowest BCUT2D eigenvalue weighted by molar-refractivity contribution is -0.0347. The van der Waals surface area contributed by atoms with Gasteiger partial charge in [-0.3, -0.25) is 0 Å². The summed E-state index contributed by atoms with van der Waals surface area (Å²) in [5, 5.41) is 8.22. The number of hydrogen-bond donors (Lipinski definition) is 0. The number of pyridine rings is 1. The zero-order valence-corrected chi connectivity index (χ0v) is 20.6. The zero-order valence-electron chi connectivity index (χ0n) is 20.6. The first-order valence-corrected chi connectivity index (χ1v) is 12.4. The van der Waals surface area contributed by atoms with Crippen molar-refractivity contribution in [2.75, 3.05) is 26.2 Å². The molecule has 3 fully saturated rings. The van der Waals surface area contributed by atoms with Crippen LogP contribution >= 0.6 is 0 Å². The van der Waals surface area contributed by atoms with Gasteiger partial charge in [0.05, 0.1) is 18.1 Å². The van der Waals surface area contributed by atoms with E-state index in [0.717, 1.165) is 56.7 Å². The van der Waals surface area contributed by atoms with Crippen LogP contribution in [0.1, 0.15) is 70.1 Å². The fourth-order valence-corrected chi connectivity index (χ4v) is 5.96. The number of carbonyl (C=O) groups excluding carboxylic acids is 1. The number of aromatic nitrogens is 4. The number of piperidine rings is 1. The van der Waals surface area contributed by atoms with Crippen molar-refractivity contribution in [2.24, 2.45) is 5.41 Å². The van der Waals surface area contributed by atoms with Gasteiger partial charge in [0.2, 0.25) is 0 Å². The molecule has 0 bridgehead atoms. The van der Waals surface area contributed by atoms with Gasteiger partial charge in [-0.25, -0.2) is 18.9 Å². The van der Waals surface area contributed by atoms with Crippen LogP contribution in [-0.4, -0.2) is 73.7 Å². The second-order valence-corrected chi connectivity index (χ2v) is 11.4. The van der Waals surface area contributed by atoms with E-state index < -0.39 is 5.60 Å².